The molecule has 0 spiro atoms. The van der Waals surface area contributed by atoms with Gasteiger partial charge in [-0.15, -0.1) is 11.8 Å². The van der Waals surface area contributed by atoms with Gasteiger partial charge in [0.05, 0.1) is 0 Å². The van der Waals surface area contributed by atoms with Gasteiger partial charge in [0.2, 0.25) is 0 Å². The van der Waals surface area contributed by atoms with Gasteiger partial charge in [-0.3, -0.25) is 0 Å². The Labute approximate surface area is 132 Å². The number of hydrogen-bond acceptors (Lipinski definition) is 2. The molecule has 2 unspecified atom stereocenters. The maximum atomic E-state index is 6.50. The second kappa shape index (κ2) is 6.25. The summed E-state index contributed by atoms with van der Waals surface area (Å²) in [6, 6.07) is 17.7. The Hall–Kier alpha value is -1.25. The number of aryl methyl sites for hydroxylation is 1. The zero-order valence-electron chi connectivity index (χ0n) is 12.8. The number of rotatable bonds is 3. The molecule has 0 amide bonds. The van der Waals surface area contributed by atoms with Gasteiger partial charge in [0.1, 0.15) is 0 Å². The molecule has 2 heteroatoms. The monoisotopic (exact) mass is 297 g/mol. The van der Waals surface area contributed by atoms with E-state index in [1.54, 1.807) is 0 Å². The third kappa shape index (κ3) is 3.17. The first-order valence-electron chi connectivity index (χ1n) is 7.75. The van der Waals surface area contributed by atoms with E-state index >= 15 is 0 Å². The van der Waals surface area contributed by atoms with Crippen LogP contribution in [-0.2, 0) is 6.42 Å². The first-order chi connectivity index (χ1) is 10.1. The Balaban J connectivity index is 1.74. The maximum absolute atomic E-state index is 6.50. The normalized spacial score (nSPS) is 21.3. The molecule has 0 radical (unpaired) electrons. The van der Waals surface area contributed by atoms with Crippen molar-refractivity contribution in [2.75, 3.05) is 0 Å². The Kier molecular flexibility index (Phi) is 4.37. The lowest BCUT2D eigenvalue weighted by Crippen LogP contribution is -2.29. The lowest BCUT2D eigenvalue weighted by molar-refractivity contribution is 0.587. The van der Waals surface area contributed by atoms with E-state index in [2.05, 4.69) is 62.4 Å². The van der Waals surface area contributed by atoms with Gasteiger partial charge in [-0.1, -0.05) is 50.2 Å². The Morgan fingerprint density at radius 1 is 1.05 bits per heavy atom. The molecule has 2 aromatic carbocycles. The topological polar surface area (TPSA) is 26.0 Å². The van der Waals surface area contributed by atoms with Crippen LogP contribution < -0.4 is 5.73 Å². The average molecular weight is 297 g/mol. The number of fused-ring (bicyclic) bond motifs is 1. The van der Waals surface area contributed by atoms with Crippen LogP contribution in [0.4, 0.5) is 0 Å². The SMILES string of the molecule is CC(C)c1ccc(SC2CCc3ccccc3C2N)cc1. The van der Waals surface area contributed by atoms with Crippen LogP contribution in [0.5, 0.6) is 0 Å². The van der Waals surface area contributed by atoms with E-state index in [9.17, 15) is 0 Å². The summed E-state index contributed by atoms with van der Waals surface area (Å²) in [7, 11) is 0. The van der Waals surface area contributed by atoms with Crippen molar-refractivity contribution in [1.82, 2.24) is 0 Å². The van der Waals surface area contributed by atoms with Crippen LogP contribution in [-0.4, -0.2) is 5.25 Å². The Morgan fingerprint density at radius 3 is 2.48 bits per heavy atom. The van der Waals surface area contributed by atoms with Gasteiger partial charge in [-0.2, -0.15) is 0 Å². The summed E-state index contributed by atoms with van der Waals surface area (Å²) in [6.45, 7) is 4.46. The van der Waals surface area contributed by atoms with Crippen LogP contribution in [0.1, 0.15) is 48.9 Å². The lowest BCUT2D eigenvalue weighted by atomic mass is 9.88. The minimum absolute atomic E-state index is 0.143. The predicted molar refractivity (Wildman–Crippen MR) is 91.9 cm³/mol. The second-order valence-corrected chi connectivity index (χ2v) is 7.46. The van der Waals surface area contributed by atoms with Crippen molar-refractivity contribution in [2.45, 2.75) is 48.8 Å². The summed E-state index contributed by atoms with van der Waals surface area (Å²) < 4.78 is 0. The Bertz CT molecular complexity index is 603. The molecule has 2 N–H and O–H groups in total. The van der Waals surface area contributed by atoms with Crippen molar-refractivity contribution in [2.24, 2.45) is 5.73 Å². The van der Waals surface area contributed by atoms with Crippen LogP contribution in [0, 0.1) is 0 Å². The quantitative estimate of drug-likeness (QED) is 0.870. The fraction of sp³-hybridized carbons (Fsp3) is 0.368. The van der Waals surface area contributed by atoms with Crippen LogP contribution in [0.2, 0.25) is 0 Å². The van der Waals surface area contributed by atoms with Gasteiger partial charge in [0.15, 0.2) is 0 Å². The molecule has 0 aromatic heterocycles. The van der Waals surface area contributed by atoms with E-state index in [0.717, 1.165) is 12.8 Å². The van der Waals surface area contributed by atoms with Crippen molar-refractivity contribution >= 4 is 11.8 Å². The summed E-state index contributed by atoms with van der Waals surface area (Å²) in [5, 5.41) is 0.477. The van der Waals surface area contributed by atoms with Gasteiger partial charge < -0.3 is 5.73 Å². The molecule has 2 aromatic rings. The molecule has 0 fully saturated rings. The zero-order valence-corrected chi connectivity index (χ0v) is 13.6. The molecule has 0 aliphatic heterocycles. The summed E-state index contributed by atoms with van der Waals surface area (Å²) in [4.78, 5) is 1.33. The van der Waals surface area contributed by atoms with Gasteiger partial charge >= 0.3 is 0 Å². The maximum Gasteiger partial charge on any atom is 0.0421 e. The van der Waals surface area contributed by atoms with E-state index in [4.69, 9.17) is 5.73 Å². The predicted octanol–water partition coefficient (Wildman–Crippen LogP) is 4.92. The largest absolute Gasteiger partial charge is 0.323 e. The molecule has 3 rings (SSSR count). The van der Waals surface area contributed by atoms with E-state index in [1.165, 1.54) is 21.6 Å². The van der Waals surface area contributed by atoms with Crippen LogP contribution in [0.25, 0.3) is 0 Å². The number of benzene rings is 2. The molecular weight excluding hydrogens is 274 g/mol. The third-order valence-corrected chi connectivity index (χ3v) is 5.72. The molecule has 0 bridgehead atoms. The number of thioether (sulfide) groups is 1. The Morgan fingerprint density at radius 2 is 1.76 bits per heavy atom. The van der Waals surface area contributed by atoms with Crippen molar-refractivity contribution in [3.8, 4) is 0 Å². The first-order valence-corrected chi connectivity index (χ1v) is 8.63. The molecule has 0 saturated heterocycles. The second-order valence-electron chi connectivity index (χ2n) is 6.14. The lowest BCUT2D eigenvalue weighted by Gasteiger charge is -2.30. The fourth-order valence-corrected chi connectivity index (χ4v) is 4.17. The van der Waals surface area contributed by atoms with Gasteiger partial charge in [-0.25, -0.2) is 0 Å². The van der Waals surface area contributed by atoms with Gasteiger partial charge in [0.25, 0.3) is 0 Å². The molecule has 1 aliphatic carbocycles. The highest BCUT2D eigenvalue weighted by molar-refractivity contribution is 8.00. The van der Waals surface area contributed by atoms with E-state index in [-0.39, 0.29) is 6.04 Å². The van der Waals surface area contributed by atoms with E-state index in [0.29, 0.717) is 11.2 Å². The highest BCUT2D eigenvalue weighted by Crippen LogP contribution is 2.38. The highest BCUT2D eigenvalue weighted by Gasteiger charge is 2.27. The zero-order chi connectivity index (χ0) is 14.8. The minimum Gasteiger partial charge on any atom is -0.323 e. The first kappa shape index (κ1) is 14.7. The van der Waals surface area contributed by atoms with Crippen LogP contribution in [0.15, 0.2) is 53.4 Å². The van der Waals surface area contributed by atoms with Crippen molar-refractivity contribution in [3.05, 3.63) is 65.2 Å². The number of nitrogens with two attached hydrogens (primary N) is 1. The molecule has 0 heterocycles. The van der Waals surface area contributed by atoms with E-state index < -0.39 is 0 Å². The molecular formula is C19H23NS. The summed E-state index contributed by atoms with van der Waals surface area (Å²) in [5.41, 5.74) is 10.7. The van der Waals surface area contributed by atoms with Gasteiger partial charge in [0, 0.05) is 16.2 Å². The molecule has 0 saturated carbocycles. The molecule has 21 heavy (non-hydrogen) atoms. The van der Waals surface area contributed by atoms with Crippen LogP contribution in [0.3, 0.4) is 0 Å². The molecule has 2 atom stereocenters. The van der Waals surface area contributed by atoms with Crippen molar-refractivity contribution < 1.29 is 0 Å². The number of hydrogen-bond donors (Lipinski definition) is 1. The fourth-order valence-electron chi connectivity index (χ4n) is 3.00. The third-order valence-electron chi connectivity index (χ3n) is 4.35. The smallest absolute Gasteiger partial charge is 0.0421 e. The summed E-state index contributed by atoms with van der Waals surface area (Å²) in [5.74, 6) is 0.591. The van der Waals surface area contributed by atoms with Crippen molar-refractivity contribution in [3.63, 3.8) is 0 Å². The standard InChI is InChI=1S/C19H23NS/c1-13(2)14-7-10-16(11-8-14)21-18-12-9-15-5-3-4-6-17(15)19(18)20/h3-8,10-11,13,18-19H,9,12,20H2,1-2H3. The molecule has 110 valence electrons. The van der Waals surface area contributed by atoms with Crippen molar-refractivity contribution in [1.29, 1.82) is 0 Å². The minimum atomic E-state index is 0.143. The average Bonchev–Trinajstić information content (AvgIpc) is 2.51. The van der Waals surface area contributed by atoms with Crippen LogP contribution >= 0.6 is 11.8 Å². The summed E-state index contributed by atoms with van der Waals surface area (Å²) in [6.07, 6.45) is 2.31. The van der Waals surface area contributed by atoms with E-state index in [1.807, 2.05) is 11.8 Å². The van der Waals surface area contributed by atoms with Gasteiger partial charge in [-0.05, 0) is 47.6 Å². The molecule has 1 aliphatic rings. The highest BCUT2D eigenvalue weighted by atomic mass is 32.2. The molecule has 1 nitrogen and oxygen atoms in total. The summed E-state index contributed by atoms with van der Waals surface area (Å²) >= 11 is 1.93.